The highest BCUT2D eigenvalue weighted by molar-refractivity contribution is 5.57. The molecule has 1 saturated heterocycles. The summed E-state index contributed by atoms with van der Waals surface area (Å²) in [7, 11) is 0. The molecule has 0 aromatic heterocycles. The first-order chi connectivity index (χ1) is 3.79. The Kier molecular flexibility index (Phi) is 1.34. The molecule has 0 bridgehead atoms. The van der Waals surface area contributed by atoms with Crippen molar-refractivity contribution < 1.29 is 14.6 Å². The quantitative estimate of drug-likeness (QED) is 0.474. The molecule has 4 nitrogen and oxygen atoms in total. The van der Waals surface area contributed by atoms with Crippen LogP contribution in [0.25, 0.3) is 0 Å². The Labute approximate surface area is 46.4 Å². The molecule has 0 aromatic carbocycles. The number of hydrogen-bond acceptors (Lipinski definition) is 3. The molecule has 1 heterocycles. The molecule has 0 aliphatic carbocycles. The van der Waals surface area contributed by atoms with Gasteiger partial charge in [-0.1, -0.05) is 0 Å². The Morgan fingerprint density at radius 2 is 2.50 bits per heavy atom. The van der Waals surface area contributed by atoms with Crippen LogP contribution >= 0.6 is 0 Å². The summed E-state index contributed by atoms with van der Waals surface area (Å²) in [6, 6.07) is 0. The summed E-state index contributed by atoms with van der Waals surface area (Å²) in [4.78, 5) is 9.74. The fourth-order valence-corrected chi connectivity index (χ4v) is 0.484. The maximum absolute atomic E-state index is 9.74. The maximum Gasteiger partial charge on any atom is 0.507 e. The van der Waals surface area contributed by atoms with E-state index in [4.69, 9.17) is 5.11 Å². The Balaban J connectivity index is 2.09. The molecular formula is C4H7NO3. The van der Waals surface area contributed by atoms with Crippen molar-refractivity contribution in [1.82, 2.24) is 5.32 Å². The predicted molar refractivity (Wildman–Crippen MR) is 25.5 cm³/mol. The van der Waals surface area contributed by atoms with Crippen LogP contribution in [0.5, 0.6) is 0 Å². The molecule has 0 amide bonds. The Morgan fingerprint density at radius 3 is 2.62 bits per heavy atom. The zero-order chi connectivity index (χ0) is 5.98. The van der Waals surface area contributed by atoms with Gasteiger partial charge in [0, 0.05) is 13.0 Å². The molecule has 1 fully saturated rings. The van der Waals surface area contributed by atoms with Crippen molar-refractivity contribution in [2.24, 2.45) is 0 Å². The Hall–Kier alpha value is -0.770. The monoisotopic (exact) mass is 117 g/mol. The van der Waals surface area contributed by atoms with Gasteiger partial charge in [-0.05, 0) is 0 Å². The standard InChI is InChI=1S/C4H7NO3/c6-4(7)8-3-1-2-5-3/h3,5H,1-2H2,(H,6,7). The molecule has 0 radical (unpaired) electrons. The van der Waals surface area contributed by atoms with Gasteiger partial charge in [0.25, 0.3) is 0 Å². The summed E-state index contributed by atoms with van der Waals surface area (Å²) in [5.41, 5.74) is 0. The second kappa shape index (κ2) is 2.00. The third-order valence-electron chi connectivity index (χ3n) is 1.02. The number of rotatable bonds is 1. The molecule has 1 aliphatic rings. The third kappa shape index (κ3) is 1.10. The molecule has 0 saturated carbocycles. The summed E-state index contributed by atoms with van der Waals surface area (Å²) in [5, 5.41) is 10.8. The Bertz CT molecular complexity index is 99.5. The van der Waals surface area contributed by atoms with Crippen molar-refractivity contribution >= 4 is 6.16 Å². The molecule has 1 rings (SSSR count). The topological polar surface area (TPSA) is 58.6 Å². The van der Waals surface area contributed by atoms with E-state index in [-0.39, 0.29) is 6.23 Å². The van der Waals surface area contributed by atoms with E-state index in [1.807, 2.05) is 0 Å². The normalized spacial score (nSPS) is 26.2. The third-order valence-corrected chi connectivity index (χ3v) is 1.02. The van der Waals surface area contributed by atoms with E-state index in [9.17, 15) is 4.79 Å². The van der Waals surface area contributed by atoms with Crippen LogP contribution in [0.4, 0.5) is 4.79 Å². The SMILES string of the molecule is O=C(O)OC1CCN1. The van der Waals surface area contributed by atoms with E-state index in [0.717, 1.165) is 13.0 Å². The number of nitrogens with one attached hydrogen (secondary N) is 1. The zero-order valence-electron chi connectivity index (χ0n) is 4.26. The highest BCUT2D eigenvalue weighted by Gasteiger charge is 2.19. The van der Waals surface area contributed by atoms with Crippen molar-refractivity contribution in [3.05, 3.63) is 0 Å². The molecule has 2 N–H and O–H groups in total. The minimum atomic E-state index is -1.21. The average molecular weight is 117 g/mol. The van der Waals surface area contributed by atoms with E-state index in [2.05, 4.69) is 10.1 Å². The number of hydrogen-bond donors (Lipinski definition) is 2. The van der Waals surface area contributed by atoms with Crippen LogP contribution in [0.2, 0.25) is 0 Å². The van der Waals surface area contributed by atoms with Crippen molar-refractivity contribution in [3.8, 4) is 0 Å². The lowest BCUT2D eigenvalue weighted by Crippen LogP contribution is -2.45. The summed E-state index contributed by atoms with van der Waals surface area (Å²) in [6.07, 6.45) is -0.651. The highest BCUT2D eigenvalue weighted by Crippen LogP contribution is 2.02. The summed E-state index contributed by atoms with van der Waals surface area (Å²) < 4.78 is 4.29. The van der Waals surface area contributed by atoms with E-state index in [1.165, 1.54) is 0 Å². The zero-order valence-corrected chi connectivity index (χ0v) is 4.26. The lowest BCUT2D eigenvalue weighted by Gasteiger charge is -2.25. The van der Waals surface area contributed by atoms with Crippen LogP contribution in [0, 0.1) is 0 Å². The van der Waals surface area contributed by atoms with Crippen molar-refractivity contribution in [1.29, 1.82) is 0 Å². The molecule has 0 aromatic rings. The van der Waals surface area contributed by atoms with Gasteiger partial charge in [-0.3, -0.25) is 5.32 Å². The lowest BCUT2D eigenvalue weighted by atomic mass is 10.2. The second-order valence-corrected chi connectivity index (χ2v) is 1.62. The highest BCUT2D eigenvalue weighted by atomic mass is 16.7. The first kappa shape index (κ1) is 5.37. The van der Waals surface area contributed by atoms with E-state index >= 15 is 0 Å². The summed E-state index contributed by atoms with van der Waals surface area (Å²) in [5.74, 6) is 0. The first-order valence-electron chi connectivity index (χ1n) is 2.42. The van der Waals surface area contributed by atoms with Crippen molar-refractivity contribution in [3.63, 3.8) is 0 Å². The van der Waals surface area contributed by atoms with Gasteiger partial charge >= 0.3 is 6.16 Å². The average Bonchev–Trinajstić information content (AvgIpc) is 1.55. The van der Waals surface area contributed by atoms with Crippen LogP contribution < -0.4 is 5.32 Å². The predicted octanol–water partition coefficient (Wildman–Crippen LogP) is 0.000400. The van der Waals surface area contributed by atoms with E-state index in [0.29, 0.717) is 0 Å². The van der Waals surface area contributed by atoms with Gasteiger partial charge < -0.3 is 9.84 Å². The molecule has 1 atom stereocenters. The summed E-state index contributed by atoms with van der Waals surface area (Å²) >= 11 is 0. The number of carbonyl (C=O) groups is 1. The van der Waals surface area contributed by atoms with Crippen LogP contribution in [0.15, 0.2) is 0 Å². The molecule has 46 valence electrons. The summed E-state index contributed by atoms with van der Waals surface area (Å²) in [6.45, 7) is 0.859. The minimum absolute atomic E-state index is 0.243. The van der Waals surface area contributed by atoms with Gasteiger partial charge in [0.05, 0.1) is 0 Å². The lowest BCUT2D eigenvalue weighted by molar-refractivity contribution is 0.00553. The maximum atomic E-state index is 9.74. The molecule has 4 heteroatoms. The number of carboxylic acid groups (broad SMARTS) is 1. The van der Waals surface area contributed by atoms with Crippen LogP contribution in [0.3, 0.4) is 0 Å². The van der Waals surface area contributed by atoms with Crippen molar-refractivity contribution in [2.75, 3.05) is 6.54 Å². The van der Waals surface area contributed by atoms with Gasteiger partial charge in [0.2, 0.25) is 0 Å². The van der Waals surface area contributed by atoms with Gasteiger partial charge in [-0.15, -0.1) is 0 Å². The van der Waals surface area contributed by atoms with Crippen LogP contribution in [-0.2, 0) is 4.74 Å². The number of ether oxygens (including phenoxy) is 1. The van der Waals surface area contributed by atoms with Gasteiger partial charge in [-0.25, -0.2) is 4.79 Å². The van der Waals surface area contributed by atoms with Gasteiger partial charge in [0.15, 0.2) is 6.23 Å². The van der Waals surface area contributed by atoms with Crippen LogP contribution in [-0.4, -0.2) is 24.0 Å². The fourth-order valence-electron chi connectivity index (χ4n) is 0.484. The molecule has 0 spiro atoms. The largest absolute Gasteiger partial charge is 0.507 e. The van der Waals surface area contributed by atoms with E-state index < -0.39 is 6.16 Å². The fraction of sp³-hybridized carbons (Fsp3) is 0.750. The smallest absolute Gasteiger partial charge is 0.450 e. The molecule has 1 aliphatic heterocycles. The van der Waals surface area contributed by atoms with Gasteiger partial charge in [0.1, 0.15) is 0 Å². The minimum Gasteiger partial charge on any atom is -0.450 e. The molecular weight excluding hydrogens is 110 g/mol. The van der Waals surface area contributed by atoms with Gasteiger partial charge in [-0.2, -0.15) is 0 Å². The second-order valence-electron chi connectivity index (χ2n) is 1.62. The van der Waals surface area contributed by atoms with Crippen molar-refractivity contribution in [2.45, 2.75) is 12.6 Å². The first-order valence-corrected chi connectivity index (χ1v) is 2.42. The van der Waals surface area contributed by atoms with Crippen LogP contribution in [0.1, 0.15) is 6.42 Å². The Morgan fingerprint density at radius 1 is 1.88 bits per heavy atom. The molecule has 1 unspecified atom stereocenters. The van der Waals surface area contributed by atoms with E-state index in [1.54, 1.807) is 0 Å². The molecule has 8 heavy (non-hydrogen) atoms.